The fraction of sp³-hybridized carbons (Fsp3) is 0.500. The zero-order chi connectivity index (χ0) is 13.1. The van der Waals surface area contributed by atoms with Gasteiger partial charge < -0.3 is 4.43 Å². The molecule has 17 heavy (non-hydrogen) atoms. The predicted octanol–water partition coefficient (Wildman–Crippen LogP) is 4.23. The number of hydrogen-bond acceptors (Lipinski definition) is 2. The van der Waals surface area contributed by atoms with E-state index in [4.69, 9.17) is 4.43 Å². The summed E-state index contributed by atoms with van der Waals surface area (Å²) in [6.45, 7) is 10.7. The molecule has 0 aliphatic carbocycles. The van der Waals surface area contributed by atoms with Crippen molar-refractivity contribution in [3.8, 4) is 5.75 Å². The van der Waals surface area contributed by atoms with E-state index < -0.39 is 8.32 Å². The number of hydrogen-bond donors (Lipinski definition) is 0. The molecule has 0 spiro atoms. The summed E-state index contributed by atoms with van der Waals surface area (Å²) in [7, 11) is -1.66. The molecule has 1 aromatic rings. The van der Waals surface area contributed by atoms with Crippen LogP contribution in [0.3, 0.4) is 0 Å². The van der Waals surface area contributed by atoms with Crippen molar-refractivity contribution in [2.75, 3.05) is 0 Å². The molecule has 1 atom stereocenters. The lowest BCUT2D eigenvalue weighted by molar-refractivity contribution is 0.112. The van der Waals surface area contributed by atoms with Crippen molar-refractivity contribution in [2.45, 2.75) is 45.8 Å². The molecule has 0 aliphatic heterocycles. The third-order valence-corrected chi connectivity index (χ3v) is 3.59. The van der Waals surface area contributed by atoms with Crippen molar-refractivity contribution in [3.63, 3.8) is 0 Å². The van der Waals surface area contributed by atoms with Gasteiger partial charge in [-0.05, 0) is 49.7 Å². The van der Waals surface area contributed by atoms with Gasteiger partial charge in [-0.15, -0.1) is 0 Å². The van der Waals surface area contributed by atoms with E-state index in [1.807, 2.05) is 12.1 Å². The maximum Gasteiger partial charge on any atom is 0.242 e. The number of benzene rings is 1. The fourth-order valence-corrected chi connectivity index (χ4v) is 2.47. The maximum atomic E-state index is 11.1. The largest absolute Gasteiger partial charge is 0.544 e. The highest BCUT2D eigenvalue weighted by atomic mass is 28.4. The molecule has 0 radical (unpaired) electrons. The Kier molecular flexibility index (Phi) is 4.51. The van der Waals surface area contributed by atoms with Crippen molar-refractivity contribution in [3.05, 3.63) is 29.3 Å². The van der Waals surface area contributed by atoms with Crippen LogP contribution in [0.25, 0.3) is 0 Å². The lowest BCUT2D eigenvalue weighted by atomic mass is 9.97. The molecule has 94 valence electrons. The highest BCUT2D eigenvalue weighted by Crippen LogP contribution is 2.26. The minimum Gasteiger partial charge on any atom is -0.544 e. The van der Waals surface area contributed by atoms with E-state index in [9.17, 15) is 4.79 Å². The minimum atomic E-state index is -1.66. The molecular weight excluding hydrogens is 228 g/mol. The summed E-state index contributed by atoms with van der Waals surface area (Å²) in [5.74, 6) is 1.21. The Labute approximate surface area is 105 Å². The molecule has 0 fully saturated rings. The minimum absolute atomic E-state index is 0.481. The standard InChI is InChI=1S/C14H22O2Si/c1-6-11(2)12-7-8-14(13(9-12)10-15)16-17(3,4)5/h7-11H,6H2,1-5H3. The Hall–Kier alpha value is -1.09. The molecule has 0 saturated carbocycles. The summed E-state index contributed by atoms with van der Waals surface area (Å²) in [6, 6.07) is 5.96. The quantitative estimate of drug-likeness (QED) is 0.577. The van der Waals surface area contributed by atoms with Crippen LogP contribution < -0.4 is 4.43 Å². The molecule has 3 heteroatoms. The number of aldehydes is 1. The Balaban J connectivity index is 3.05. The Bertz CT molecular complexity index is 394. The first-order valence-electron chi connectivity index (χ1n) is 6.15. The molecule has 0 heterocycles. The predicted molar refractivity (Wildman–Crippen MR) is 74.5 cm³/mol. The van der Waals surface area contributed by atoms with Gasteiger partial charge in [0.15, 0.2) is 6.29 Å². The summed E-state index contributed by atoms with van der Waals surface area (Å²) < 4.78 is 5.90. The van der Waals surface area contributed by atoms with E-state index in [1.54, 1.807) is 0 Å². The summed E-state index contributed by atoms with van der Waals surface area (Å²) in [5, 5.41) is 0. The summed E-state index contributed by atoms with van der Waals surface area (Å²) in [5.41, 5.74) is 1.88. The topological polar surface area (TPSA) is 26.3 Å². The van der Waals surface area contributed by atoms with Gasteiger partial charge in [0, 0.05) is 0 Å². The van der Waals surface area contributed by atoms with Crippen molar-refractivity contribution in [1.82, 2.24) is 0 Å². The van der Waals surface area contributed by atoms with Crippen LogP contribution in [0.1, 0.15) is 42.1 Å². The average molecular weight is 250 g/mol. The lowest BCUT2D eigenvalue weighted by Gasteiger charge is -2.21. The van der Waals surface area contributed by atoms with E-state index in [2.05, 4.69) is 39.6 Å². The van der Waals surface area contributed by atoms with Gasteiger partial charge in [0.25, 0.3) is 0 Å². The molecule has 0 N–H and O–H groups in total. The van der Waals surface area contributed by atoms with Crippen LogP contribution in [0.15, 0.2) is 18.2 Å². The number of carbonyl (C=O) groups is 1. The van der Waals surface area contributed by atoms with Gasteiger partial charge in [-0.25, -0.2) is 0 Å². The highest BCUT2D eigenvalue weighted by Gasteiger charge is 2.18. The molecule has 0 bridgehead atoms. The average Bonchev–Trinajstić information content (AvgIpc) is 2.26. The Morgan fingerprint density at radius 3 is 2.47 bits per heavy atom. The van der Waals surface area contributed by atoms with Gasteiger partial charge in [-0.1, -0.05) is 19.9 Å². The number of carbonyl (C=O) groups excluding carboxylic acids is 1. The second-order valence-corrected chi connectivity index (χ2v) is 9.87. The molecule has 0 aromatic heterocycles. The Morgan fingerprint density at radius 1 is 1.35 bits per heavy atom. The summed E-state index contributed by atoms with van der Waals surface area (Å²) in [6.07, 6.45) is 1.97. The first-order chi connectivity index (χ1) is 7.87. The van der Waals surface area contributed by atoms with Gasteiger partial charge >= 0.3 is 0 Å². The third kappa shape index (κ3) is 4.00. The molecule has 0 aliphatic rings. The van der Waals surface area contributed by atoms with Crippen molar-refractivity contribution < 1.29 is 9.22 Å². The summed E-state index contributed by atoms with van der Waals surface area (Å²) >= 11 is 0. The van der Waals surface area contributed by atoms with E-state index >= 15 is 0 Å². The van der Waals surface area contributed by atoms with Gasteiger partial charge in [0.05, 0.1) is 5.56 Å². The SMILES string of the molecule is CCC(C)c1ccc(O[Si](C)(C)C)c(C=O)c1. The van der Waals surface area contributed by atoms with Crippen molar-refractivity contribution in [1.29, 1.82) is 0 Å². The van der Waals surface area contributed by atoms with Crippen LogP contribution in [0.4, 0.5) is 0 Å². The van der Waals surface area contributed by atoms with Crippen LogP contribution in [-0.4, -0.2) is 14.6 Å². The van der Waals surface area contributed by atoms with Crippen LogP contribution in [-0.2, 0) is 0 Å². The van der Waals surface area contributed by atoms with E-state index in [1.165, 1.54) is 5.56 Å². The second kappa shape index (κ2) is 5.49. The zero-order valence-corrected chi connectivity index (χ0v) is 12.4. The van der Waals surface area contributed by atoms with Crippen molar-refractivity contribution >= 4 is 14.6 Å². The maximum absolute atomic E-state index is 11.1. The lowest BCUT2D eigenvalue weighted by Crippen LogP contribution is -2.29. The smallest absolute Gasteiger partial charge is 0.242 e. The van der Waals surface area contributed by atoms with E-state index in [-0.39, 0.29) is 0 Å². The third-order valence-electron chi connectivity index (χ3n) is 2.76. The fourth-order valence-electron chi connectivity index (χ4n) is 1.62. The first-order valence-corrected chi connectivity index (χ1v) is 9.56. The van der Waals surface area contributed by atoms with Gasteiger partial charge in [0.1, 0.15) is 5.75 Å². The van der Waals surface area contributed by atoms with Gasteiger partial charge in [-0.2, -0.15) is 0 Å². The molecule has 1 unspecified atom stereocenters. The molecule has 1 rings (SSSR count). The van der Waals surface area contributed by atoms with E-state index in [0.29, 0.717) is 11.5 Å². The number of rotatable bonds is 5. The molecular formula is C14H22O2Si. The van der Waals surface area contributed by atoms with Crippen LogP contribution >= 0.6 is 0 Å². The highest BCUT2D eigenvalue weighted by molar-refractivity contribution is 6.70. The molecule has 1 aromatic carbocycles. The second-order valence-electron chi connectivity index (χ2n) is 5.44. The van der Waals surface area contributed by atoms with Crippen LogP contribution in [0, 0.1) is 0 Å². The molecule has 2 nitrogen and oxygen atoms in total. The normalized spacial score (nSPS) is 13.2. The van der Waals surface area contributed by atoms with Crippen LogP contribution in [0.2, 0.25) is 19.6 Å². The zero-order valence-electron chi connectivity index (χ0n) is 11.4. The monoisotopic (exact) mass is 250 g/mol. The first kappa shape index (κ1) is 14.0. The van der Waals surface area contributed by atoms with Gasteiger partial charge in [0.2, 0.25) is 8.32 Å². The molecule has 0 amide bonds. The Morgan fingerprint density at radius 2 is 2.00 bits per heavy atom. The van der Waals surface area contributed by atoms with Crippen molar-refractivity contribution in [2.24, 2.45) is 0 Å². The summed E-state index contributed by atoms with van der Waals surface area (Å²) in [4.78, 5) is 11.1. The van der Waals surface area contributed by atoms with Gasteiger partial charge in [-0.3, -0.25) is 4.79 Å². The van der Waals surface area contributed by atoms with Crippen LogP contribution in [0.5, 0.6) is 5.75 Å². The molecule has 0 saturated heterocycles. The van der Waals surface area contributed by atoms with E-state index in [0.717, 1.165) is 18.5 Å².